The zero-order valence-corrected chi connectivity index (χ0v) is 12.0. The number of nitrogens with one attached hydrogen (secondary N) is 1. The Morgan fingerprint density at radius 2 is 2.18 bits per heavy atom. The summed E-state index contributed by atoms with van der Waals surface area (Å²) in [5.74, 6) is -0.189. The maximum Gasteiger partial charge on any atom is 0.125 e. The molecular formula is C14H19BrFN. The van der Waals surface area contributed by atoms with Gasteiger partial charge in [-0.3, -0.25) is 0 Å². The highest BCUT2D eigenvalue weighted by Crippen LogP contribution is 2.37. The van der Waals surface area contributed by atoms with Crippen LogP contribution in [0.5, 0.6) is 0 Å². The minimum atomic E-state index is -0.189. The molecule has 0 radical (unpaired) electrons. The van der Waals surface area contributed by atoms with Crippen LogP contribution in [-0.4, -0.2) is 6.04 Å². The first-order chi connectivity index (χ1) is 7.96. The van der Waals surface area contributed by atoms with Crippen molar-refractivity contribution >= 4 is 21.6 Å². The molecule has 1 nitrogen and oxygen atoms in total. The van der Waals surface area contributed by atoms with E-state index in [1.165, 1.54) is 25.3 Å². The highest BCUT2D eigenvalue weighted by atomic mass is 79.9. The molecule has 3 heteroatoms. The van der Waals surface area contributed by atoms with Crippen molar-refractivity contribution < 1.29 is 4.39 Å². The number of anilines is 1. The van der Waals surface area contributed by atoms with E-state index < -0.39 is 0 Å². The van der Waals surface area contributed by atoms with E-state index in [2.05, 4.69) is 35.1 Å². The van der Waals surface area contributed by atoms with Gasteiger partial charge >= 0.3 is 0 Å². The number of benzene rings is 1. The zero-order chi connectivity index (χ0) is 12.5. The second-order valence-electron chi connectivity index (χ2n) is 5.73. The molecule has 1 unspecified atom stereocenters. The molecule has 1 aliphatic rings. The average Bonchev–Trinajstić information content (AvgIpc) is 2.22. The van der Waals surface area contributed by atoms with E-state index in [1.54, 1.807) is 12.1 Å². The van der Waals surface area contributed by atoms with Gasteiger partial charge in [0.2, 0.25) is 0 Å². The molecule has 1 saturated carbocycles. The van der Waals surface area contributed by atoms with Crippen LogP contribution in [0, 0.1) is 11.2 Å². The Kier molecular flexibility index (Phi) is 3.76. The lowest BCUT2D eigenvalue weighted by Crippen LogP contribution is -2.31. The quantitative estimate of drug-likeness (QED) is 0.813. The summed E-state index contributed by atoms with van der Waals surface area (Å²) in [6, 6.07) is 5.24. The lowest BCUT2D eigenvalue weighted by molar-refractivity contribution is 0.229. The summed E-state index contributed by atoms with van der Waals surface area (Å²) in [6.45, 7) is 4.61. The molecule has 0 bridgehead atoms. The SMILES string of the molecule is CC1(C)CCCC(Nc2cc(F)ccc2Br)C1. The smallest absolute Gasteiger partial charge is 0.125 e. The standard InChI is InChI=1S/C14H19BrFN/c1-14(2)7-3-4-11(9-14)17-13-8-10(16)5-6-12(13)15/h5-6,8,11,17H,3-4,7,9H2,1-2H3. The van der Waals surface area contributed by atoms with Gasteiger partial charge in [-0.15, -0.1) is 0 Å². The van der Waals surface area contributed by atoms with E-state index in [0.29, 0.717) is 11.5 Å². The van der Waals surface area contributed by atoms with Crippen molar-refractivity contribution in [2.75, 3.05) is 5.32 Å². The molecule has 1 atom stereocenters. The zero-order valence-electron chi connectivity index (χ0n) is 10.4. The molecule has 1 aromatic carbocycles. The molecule has 1 aliphatic carbocycles. The third-order valence-corrected chi connectivity index (χ3v) is 4.18. The molecule has 2 rings (SSSR count). The molecule has 17 heavy (non-hydrogen) atoms. The lowest BCUT2D eigenvalue weighted by Gasteiger charge is -2.36. The topological polar surface area (TPSA) is 12.0 Å². The number of hydrogen-bond acceptors (Lipinski definition) is 1. The van der Waals surface area contributed by atoms with E-state index in [-0.39, 0.29) is 5.82 Å². The first-order valence-electron chi connectivity index (χ1n) is 6.18. The molecule has 1 N–H and O–H groups in total. The number of hydrogen-bond donors (Lipinski definition) is 1. The van der Waals surface area contributed by atoms with Crippen molar-refractivity contribution in [2.24, 2.45) is 5.41 Å². The Bertz CT molecular complexity index is 403. The number of halogens is 2. The Labute approximate surface area is 111 Å². The fraction of sp³-hybridized carbons (Fsp3) is 0.571. The highest BCUT2D eigenvalue weighted by molar-refractivity contribution is 9.10. The molecule has 1 fully saturated rings. The van der Waals surface area contributed by atoms with Crippen LogP contribution in [0.25, 0.3) is 0 Å². The van der Waals surface area contributed by atoms with Crippen LogP contribution in [0.3, 0.4) is 0 Å². The Morgan fingerprint density at radius 1 is 1.41 bits per heavy atom. The molecule has 0 spiro atoms. The fourth-order valence-electron chi connectivity index (χ4n) is 2.65. The maximum atomic E-state index is 13.2. The molecule has 94 valence electrons. The molecule has 1 aromatic rings. The van der Waals surface area contributed by atoms with Crippen LogP contribution in [0.15, 0.2) is 22.7 Å². The predicted octanol–water partition coefficient (Wildman–Crippen LogP) is 4.97. The summed E-state index contributed by atoms with van der Waals surface area (Å²) in [4.78, 5) is 0. The Balaban J connectivity index is 2.07. The van der Waals surface area contributed by atoms with Gasteiger partial charge < -0.3 is 5.32 Å². The normalized spacial score (nSPS) is 23.4. The van der Waals surface area contributed by atoms with Crippen LogP contribution in [0.2, 0.25) is 0 Å². The first kappa shape index (κ1) is 12.9. The highest BCUT2D eigenvalue weighted by Gasteiger charge is 2.28. The summed E-state index contributed by atoms with van der Waals surface area (Å²) < 4.78 is 14.1. The summed E-state index contributed by atoms with van der Waals surface area (Å²) in [5, 5.41) is 3.46. The minimum absolute atomic E-state index is 0.189. The summed E-state index contributed by atoms with van der Waals surface area (Å²) in [6.07, 6.45) is 4.86. The van der Waals surface area contributed by atoms with Crippen LogP contribution in [-0.2, 0) is 0 Å². The van der Waals surface area contributed by atoms with Gasteiger partial charge in [0.25, 0.3) is 0 Å². The van der Waals surface area contributed by atoms with Gasteiger partial charge in [-0.2, -0.15) is 0 Å². The van der Waals surface area contributed by atoms with Gasteiger partial charge in [0.15, 0.2) is 0 Å². The van der Waals surface area contributed by atoms with Crippen LogP contribution >= 0.6 is 15.9 Å². The lowest BCUT2D eigenvalue weighted by atomic mass is 9.75. The maximum absolute atomic E-state index is 13.2. The third kappa shape index (κ3) is 3.44. The van der Waals surface area contributed by atoms with Crippen molar-refractivity contribution in [3.05, 3.63) is 28.5 Å². The van der Waals surface area contributed by atoms with Gasteiger partial charge in [0.05, 0.1) is 5.69 Å². The summed E-state index contributed by atoms with van der Waals surface area (Å²) in [7, 11) is 0. The third-order valence-electron chi connectivity index (χ3n) is 3.49. The first-order valence-corrected chi connectivity index (χ1v) is 6.97. The van der Waals surface area contributed by atoms with Crippen LogP contribution in [0.4, 0.5) is 10.1 Å². The summed E-state index contributed by atoms with van der Waals surface area (Å²) >= 11 is 3.46. The Morgan fingerprint density at radius 3 is 2.88 bits per heavy atom. The molecule has 0 heterocycles. The predicted molar refractivity (Wildman–Crippen MR) is 73.8 cm³/mol. The molecule has 0 aliphatic heterocycles. The largest absolute Gasteiger partial charge is 0.381 e. The minimum Gasteiger partial charge on any atom is -0.381 e. The van der Waals surface area contributed by atoms with Gasteiger partial charge in [0, 0.05) is 10.5 Å². The van der Waals surface area contributed by atoms with Gasteiger partial charge in [0.1, 0.15) is 5.82 Å². The monoisotopic (exact) mass is 299 g/mol. The second-order valence-corrected chi connectivity index (χ2v) is 6.58. The van der Waals surface area contributed by atoms with E-state index in [4.69, 9.17) is 0 Å². The van der Waals surface area contributed by atoms with Crippen LogP contribution in [0.1, 0.15) is 39.5 Å². The van der Waals surface area contributed by atoms with E-state index in [1.807, 2.05) is 0 Å². The van der Waals surface area contributed by atoms with E-state index in [9.17, 15) is 4.39 Å². The second kappa shape index (κ2) is 4.97. The van der Waals surface area contributed by atoms with Crippen molar-refractivity contribution in [1.82, 2.24) is 0 Å². The van der Waals surface area contributed by atoms with Crippen LogP contribution < -0.4 is 5.32 Å². The fourth-order valence-corrected chi connectivity index (χ4v) is 3.01. The van der Waals surface area contributed by atoms with Gasteiger partial charge in [-0.1, -0.05) is 20.3 Å². The summed E-state index contributed by atoms with van der Waals surface area (Å²) in [5.41, 5.74) is 1.27. The average molecular weight is 300 g/mol. The van der Waals surface area contributed by atoms with Crippen molar-refractivity contribution in [2.45, 2.75) is 45.6 Å². The van der Waals surface area contributed by atoms with Crippen molar-refractivity contribution in [1.29, 1.82) is 0 Å². The Hall–Kier alpha value is -0.570. The molecule has 0 amide bonds. The van der Waals surface area contributed by atoms with Crippen molar-refractivity contribution in [3.8, 4) is 0 Å². The van der Waals surface area contributed by atoms with E-state index >= 15 is 0 Å². The number of rotatable bonds is 2. The molecular weight excluding hydrogens is 281 g/mol. The van der Waals surface area contributed by atoms with Gasteiger partial charge in [-0.25, -0.2) is 4.39 Å². The molecule has 0 saturated heterocycles. The van der Waals surface area contributed by atoms with E-state index in [0.717, 1.165) is 16.6 Å². The molecule has 0 aromatic heterocycles. The van der Waals surface area contributed by atoms with Gasteiger partial charge in [-0.05, 0) is 58.8 Å². The van der Waals surface area contributed by atoms with Crippen molar-refractivity contribution in [3.63, 3.8) is 0 Å².